The summed E-state index contributed by atoms with van der Waals surface area (Å²) in [6.07, 6.45) is 13.5. The monoisotopic (exact) mass is 1410 g/mol. The Morgan fingerprint density at radius 3 is 1.21 bits per heavy atom. The number of imidazole rings is 3. The van der Waals surface area contributed by atoms with Gasteiger partial charge in [-0.05, 0) is 141 Å². The summed E-state index contributed by atoms with van der Waals surface area (Å²) in [6.45, 7) is 15.3. The Morgan fingerprint density at radius 1 is 0.462 bits per heavy atom. The number of rotatable bonds is 21. The number of aryl methyl sites for hydroxylation is 4. The first-order chi connectivity index (χ1) is 49.4. The summed E-state index contributed by atoms with van der Waals surface area (Å²) >= 11 is 0. The molecule has 0 spiro atoms. The van der Waals surface area contributed by atoms with Gasteiger partial charge in [-0.25, -0.2) is 14.4 Å². The number of hydrogen-bond acceptors (Lipinski definition) is 10. The third-order valence-corrected chi connectivity index (χ3v) is 18.9. The number of aldehydes is 1. The Kier molecular flexibility index (Phi) is 28.0. The first-order valence-corrected chi connectivity index (χ1v) is 34.6. The molecule has 535 valence electrons. The molecule has 0 saturated carbocycles. The Balaban J connectivity index is 0.000000191. The van der Waals surface area contributed by atoms with Gasteiger partial charge < -0.3 is 46.0 Å². The van der Waals surface area contributed by atoms with E-state index in [1.54, 1.807) is 24.5 Å². The fraction of sp³-hybridized carbons (Fsp3) is 0.296. The van der Waals surface area contributed by atoms with E-state index in [2.05, 4.69) is 70.8 Å². The van der Waals surface area contributed by atoms with E-state index in [9.17, 15) is 38.7 Å². The van der Waals surface area contributed by atoms with Crippen LogP contribution in [-0.2, 0) is 43.6 Å². The Bertz CT molecular complexity index is 5470. The molecule has 0 aliphatic rings. The number of aliphatic carboxylic acids is 1. The van der Waals surface area contributed by atoms with Crippen LogP contribution in [0, 0.1) is 27.7 Å². The number of aliphatic hydroxyl groups is 1. The Labute approximate surface area is 627 Å². The van der Waals surface area contributed by atoms with Crippen LogP contribution in [0.25, 0.3) is 76.7 Å². The number of hydrogen-bond donors (Lipinski definition) is 7. The molecule has 104 heavy (non-hydrogen) atoms. The smallest absolute Gasteiger partial charge is 1.00 e. The van der Waals surface area contributed by atoms with E-state index in [0.29, 0.717) is 19.5 Å². The van der Waals surface area contributed by atoms with Crippen molar-refractivity contribution in [3.63, 3.8) is 0 Å². The van der Waals surface area contributed by atoms with E-state index in [-0.39, 0.29) is 112 Å². The summed E-state index contributed by atoms with van der Waals surface area (Å²) in [6, 6.07) is 46.4. The van der Waals surface area contributed by atoms with Crippen molar-refractivity contribution in [3.8, 4) is 0 Å². The number of carboxylic acid groups (broad SMARTS) is 1. The predicted octanol–water partition coefficient (Wildman–Crippen LogP) is 12.2. The summed E-state index contributed by atoms with van der Waals surface area (Å²) in [4.78, 5) is 100. The van der Waals surface area contributed by atoms with Gasteiger partial charge in [0.1, 0.15) is 0 Å². The average molecular weight is 1410 g/mol. The molecule has 0 bridgehead atoms. The molecule has 0 amide bonds. The molecule has 0 fully saturated rings. The van der Waals surface area contributed by atoms with Crippen molar-refractivity contribution in [2.75, 3.05) is 14.2 Å². The van der Waals surface area contributed by atoms with Gasteiger partial charge in [0.15, 0.2) is 6.29 Å². The number of carbonyl (C=O) groups excluding carboxylic acids is 3. The molecule has 14 rings (SSSR count). The maximum Gasteiger partial charge on any atom is 1.00 e. The molecule has 23 heteroatoms. The number of nitrogens with zero attached hydrogens (tertiary/aromatic N) is 5. The third-order valence-electron chi connectivity index (χ3n) is 18.9. The third kappa shape index (κ3) is 17.5. The summed E-state index contributed by atoms with van der Waals surface area (Å²) in [7, 11) is 2.75. The number of ether oxygens (including phenoxy) is 2. The molecular weight excluding hydrogens is 1320 g/mol. The molecule has 21 nitrogen and oxygen atoms in total. The number of aromatic amines is 5. The van der Waals surface area contributed by atoms with Crippen molar-refractivity contribution in [3.05, 3.63) is 246 Å². The van der Waals surface area contributed by atoms with Gasteiger partial charge in [-0.2, -0.15) is 0 Å². The zero-order valence-electron chi connectivity index (χ0n) is 61.8. The molecule has 7 heterocycles. The van der Waals surface area contributed by atoms with Crippen LogP contribution in [0.15, 0.2) is 185 Å². The normalized spacial score (nSPS) is 11.9. The molecule has 14 aromatic rings. The number of H-pyrrole nitrogens is 5. The van der Waals surface area contributed by atoms with Gasteiger partial charge in [0.2, 0.25) is 0 Å². The van der Waals surface area contributed by atoms with Crippen LogP contribution in [-0.4, -0.2) is 105 Å². The number of aromatic nitrogens is 10. The van der Waals surface area contributed by atoms with E-state index in [1.807, 2.05) is 171 Å². The zero-order valence-corrected chi connectivity index (χ0v) is 62.8. The number of fused-ring (bicyclic) bond motifs is 7. The first-order valence-electron chi connectivity index (χ1n) is 34.6. The largest absolute Gasteiger partial charge is 1.00 e. The average Bonchev–Trinajstić information content (AvgIpc) is 1.59. The second-order valence-corrected chi connectivity index (χ2v) is 25.7. The van der Waals surface area contributed by atoms with E-state index in [1.165, 1.54) is 25.3 Å². The minimum Gasteiger partial charge on any atom is -1.00 e. The number of esters is 2. The quantitative estimate of drug-likeness (QED) is 0.0202. The summed E-state index contributed by atoms with van der Waals surface area (Å²) in [5.74, 6) is -1.49. The summed E-state index contributed by atoms with van der Waals surface area (Å²) < 4.78 is 18.3. The van der Waals surface area contributed by atoms with Crippen LogP contribution in [0.3, 0.4) is 0 Å². The van der Waals surface area contributed by atoms with Crippen LogP contribution in [0.4, 0.5) is 0 Å². The maximum absolute atomic E-state index is 13.6. The first kappa shape index (κ1) is 79.3. The predicted molar refractivity (Wildman–Crippen MR) is 411 cm³/mol. The molecule has 3 radical (unpaired) electrons. The maximum atomic E-state index is 13.6. The summed E-state index contributed by atoms with van der Waals surface area (Å²) in [5.41, 5.74) is 17.3. The van der Waals surface area contributed by atoms with E-state index >= 15 is 0 Å². The van der Waals surface area contributed by atoms with Gasteiger partial charge >= 0.3 is 64.5 Å². The van der Waals surface area contributed by atoms with Crippen molar-refractivity contribution < 1.29 is 69.8 Å². The number of para-hydroxylation sites is 6. The Morgan fingerprint density at radius 2 is 0.808 bits per heavy atom. The van der Waals surface area contributed by atoms with Gasteiger partial charge in [-0.15, -0.1) is 0 Å². The molecule has 3 atom stereocenters. The van der Waals surface area contributed by atoms with Crippen LogP contribution < -0.4 is 46.6 Å². The SMILES string of the molecule is CCCC(CC(=O)O)n1c(=O)n(Cc2c[nH]c3cccc(C)c23)c2ccccc21.CCCC(CC(=O)OC)n1c(=O)[nH]c2ccccc21.CCCC(CC(=O)OC)n1c(=O)n(Cc2c[nH]c3cccc(C)c23)c2ccccc21.Cc1cccc2[nH]cc(C=O)c12.Cc1cccc2[nH]cc(CO)c12.[B].[H-].[Na+]. The zero-order chi connectivity index (χ0) is 72.7. The van der Waals surface area contributed by atoms with Gasteiger partial charge in [0.05, 0.1) is 86.3 Å². The molecule has 7 aromatic heterocycles. The van der Waals surface area contributed by atoms with E-state index in [0.717, 1.165) is 148 Å². The number of aliphatic hydroxyl groups excluding tert-OH is 1. The second kappa shape index (κ2) is 36.7. The molecule has 7 aromatic carbocycles. The van der Waals surface area contributed by atoms with Crippen LogP contribution in [0.5, 0.6) is 0 Å². The number of methoxy groups -OCH3 is 2. The topological polar surface area (TPSA) is 282 Å². The van der Waals surface area contributed by atoms with Gasteiger partial charge in [-0.1, -0.05) is 125 Å². The van der Waals surface area contributed by atoms with Crippen molar-refractivity contribution in [2.24, 2.45) is 0 Å². The standard InChI is InChI=1S/C24H27N3O3.C23H25N3O3.C14H18N2O3.C10H11NO.C10H9NO.B.Na.H/c1-4-8-18(13-22(28)30-3)27-21-12-6-5-11-20(21)26(24(27)29)15-17-14-25-19-10-7-9-16(2)23(17)19;1-3-7-17(12-21(27)28)26-20-11-5-4-10-19(20)25(23(26)29)14-16-13-24-18-9-6-8-15(2)22(16)18;1-3-6-10(9-13(17)19-2)16-12-8-5-4-7-11(12)15-14(16)18;2*1-7-3-2-4-9-10(7)8(6-12)5-11-9;;;/h5-7,9-12,14,18,25H,4,8,13,15H2,1-3H3;4-6,8-11,13,17,24H,3,7,12,14H2,1-2H3,(H,27,28);4-5,7-8,10H,3,6,9H2,1-2H3,(H,15,18);2-5,11-12H,6H2,1H3;2-6,11H,1H3;;;/q;;;;;;+1;-1. The molecule has 3 unspecified atom stereocenters. The molecule has 0 aliphatic heterocycles. The second-order valence-electron chi connectivity index (χ2n) is 25.7. The Hall–Kier alpha value is -10.4. The van der Waals surface area contributed by atoms with Crippen LogP contribution >= 0.6 is 0 Å². The fourth-order valence-corrected chi connectivity index (χ4v) is 14.2. The molecule has 0 aliphatic carbocycles. The van der Waals surface area contributed by atoms with Crippen molar-refractivity contribution in [2.45, 2.75) is 144 Å². The minimum atomic E-state index is -0.889. The van der Waals surface area contributed by atoms with Crippen LogP contribution in [0.2, 0.25) is 0 Å². The van der Waals surface area contributed by atoms with E-state index < -0.39 is 5.97 Å². The molecular formula is C81H91BN10NaO11. The van der Waals surface area contributed by atoms with Gasteiger partial charge in [0.25, 0.3) is 0 Å². The molecule has 7 N–H and O–H groups in total. The van der Waals surface area contributed by atoms with Crippen molar-refractivity contribution >= 4 is 109 Å². The van der Waals surface area contributed by atoms with Gasteiger partial charge in [-0.3, -0.25) is 42.0 Å². The van der Waals surface area contributed by atoms with Crippen LogP contribution in [0.1, 0.15) is 147 Å². The van der Waals surface area contributed by atoms with E-state index in [4.69, 9.17) is 14.6 Å². The number of carbonyl (C=O) groups is 4. The van der Waals surface area contributed by atoms with Crippen molar-refractivity contribution in [1.29, 1.82) is 0 Å². The number of benzene rings is 7. The van der Waals surface area contributed by atoms with Gasteiger partial charge in [0, 0.05) is 106 Å². The number of nitrogens with one attached hydrogen (secondary N) is 5. The van der Waals surface area contributed by atoms with Crippen molar-refractivity contribution in [1.82, 2.24) is 47.8 Å². The fourth-order valence-electron chi connectivity index (χ4n) is 14.2. The molecule has 0 saturated heterocycles. The minimum absolute atomic E-state index is 0. The summed E-state index contributed by atoms with van der Waals surface area (Å²) in [5, 5.41) is 22.9. The number of carboxylic acids is 1.